The Morgan fingerprint density at radius 3 is 2.38 bits per heavy atom. The number of rotatable bonds is 11. The Hall–Kier alpha value is -2.34. The molecule has 0 fully saturated rings. The quantitative estimate of drug-likeness (QED) is 0.381. The van der Waals surface area contributed by atoms with Gasteiger partial charge in [0.2, 0.25) is 5.91 Å². The smallest absolute Gasteiger partial charge is 0.255 e. The van der Waals surface area contributed by atoms with Gasteiger partial charge >= 0.3 is 0 Å². The average Bonchev–Trinajstić information content (AvgIpc) is 2.69. The fourth-order valence-corrected chi connectivity index (χ4v) is 3.29. The SMILES string of the molecule is CCCCCCOc1ccc(C(=O)Nc2cccc(NC(=O)CCC)c2)cc1Br. The summed E-state index contributed by atoms with van der Waals surface area (Å²) in [6.07, 6.45) is 5.85. The number of halogens is 1. The van der Waals surface area contributed by atoms with Gasteiger partial charge in [-0.05, 0) is 65.2 Å². The Balaban J connectivity index is 1.95. The van der Waals surface area contributed by atoms with Crippen molar-refractivity contribution in [2.75, 3.05) is 17.2 Å². The molecule has 2 aromatic rings. The zero-order valence-electron chi connectivity index (χ0n) is 17.1. The van der Waals surface area contributed by atoms with E-state index in [1.165, 1.54) is 12.8 Å². The van der Waals surface area contributed by atoms with E-state index in [9.17, 15) is 9.59 Å². The Kier molecular flexibility index (Phi) is 9.71. The maximum atomic E-state index is 12.6. The third kappa shape index (κ3) is 7.89. The highest BCUT2D eigenvalue weighted by Crippen LogP contribution is 2.27. The number of anilines is 2. The largest absolute Gasteiger partial charge is 0.492 e. The minimum Gasteiger partial charge on any atom is -0.492 e. The first kappa shape index (κ1) is 22.9. The van der Waals surface area contributed by atoms with Crippen LogP contribution >= 0.6 is 15.9 Å². The monoisotopic (exact) mass is 460 g/mol. The number of nitrogens with one attached hydrogen (secondary N) is 2. The lowest BCUT2D eigenvalue weighted by Crippen LogP contribution is -2.13. The van der Waals surface area contributed by atoms with Gasteiger partial charge in [-0.3, -0.25) is 9.59 Å². The number of amides is 2. The molecule has 0 bridgehead atoms. The van der Waals surface area contributed by atoms with Crippen molar-refractivity contribution in [1.29, 1.82) is 0 Å². The van der Waals surface area contributed by atoms with Crippen LogP contribution in [-0.2, 0) is 4.79 Å². The van der Waals surface area contributed by atoms with Crippen molar-refractivity contribution in [3.63, 3.8) is 0 Å². The fraction of sp³-hybridized carbons (Fsp3) is 0.391. The highest BCUT2D eigenvalue weighted by atomic mass is 79.9. The molecule has 0 aromatic heterocycles. The number of ether oxygens (including phenoxy) is 1. The average molecular weight is 461 g/mol. The molecule has 2 amide bonds. The van der Waals surface area contributed by atoms with Gasteiger partial charge in [-0.25, -0.2) is 0 Å². The lowest BCUT2D eigenvalue weighted by molar-refractivity contribution is -0.116. The van der Waals surface area contributed by atoms with Gasteiger partial charge in [-0.2, -0.15) is 0 Å². The van der Waals surface area contributed by atoms with Crippen LogP contribution in [0.25, 0.3) is 0 Å². The van der Waals surface area contributed by atoms with Crippen LogP contribution in [0.4, 0.5) is 11.4 Å². The Labute approximate surface area is 181 Å². The molecular formula is C23H29BrN2O3. The Bertz CT molecular complexity index is 824. The molecule has 0 aliphatic carbocycles. The normalized spacial score (nSPS) is 10.4. The topological polar surface area (TPSA) is 67.4 Å². The summed E-state index contributed by atoms with van der Waals surface area (Å²) >= 11 is 3.48. The second kappa shape index (κ2) is 12.3. The summed E-state index contributed by atoms with van der Waals surface area (Å²) < 4.78 is 6.54. The van der Waals surface area contributed by atoms with Gasteiger partial charge < -0.3 is 15.4 Å². The first-order valence-corrected chi connectivity index (χ1v) is 11.0. The standard InChI is InChI=1S/C23H29BrN2O3/c1-3-5-6-7-14-29-21-13-12-17(15-20(21)24)23(28)26-19-11-8-10-18(16-19)25-22(27)9-4-2/h8,10-13,15-16H,3-7,9,14H2,1-2H3,(H,25,27)(H,26,28). The van der Waals surface area contributed by atoms with Gasteiger partial charge in [0.1, 0.15) is 5.75 Å². The first-order valence-electron chi connectivity index (χ1n) is 10.2. The summed E-state index contributed by atoms with van der Waals surface area (Å²) in [5, 5.41) is 5.70. The van der Waals surface area contributed by atoms with Crippen LogP contribution < -0.4 is 15.4 Å². The van der Waals surface area contributed by atoms with E-state index in [0.29, 0.717) is 30.0 Å². The lowest BCUT2D eigenvalue weighted by atomic mass is 10.2. The molecule has 0 heterocycles. The van der Waals surface area contributed by atoms with Crippen LogP contribution in [0.2, 0.25) is 0 Å². The van der Waals surface area contributed by atoms with E-state index < -0.39 is 0 Å². The van der Waals surface area contributed by atoms with Crippen LogP contribution in [-0.4, -0.2) is 18.4 Å². The van der Waals surface area contributed by atoms with Crippen LogP contribution in [0.1, 0.15) is 62.7 Å². The summed E-state index contributed by atoms with van der Waals surface area (Å²) in [5.41, 5.74) is 1.81. The molecule has 2 N–H and O–H groups in total. The molecule has 0 saturated heterocycles. The van der Waals surface area contributed by atoms with Crippen LogP contribution in [0, 0.1) is 0 Å². The maximum absolute atomic E-state index is 12.6. The van der Waals surface area contributed by atoms with E-state index >= 15 is 0 Å². The number of hydrogen-bond acceptors (Lipinski definition) is 3. The van der Waals surface area contributed by atoms with Crippen molar-refractivity contribution >= 4 is 39.1 Å². The lowest BCUT2D eigenvalue weighted by Gasteiger charge is -2.11. The molecule has 156 valence electrons. The van der Waals surface area contributed by atoms with E-state index in [-0.39, 0.29) is 11.8 Å². The van der Waals surface area contributed by atoms with Gasteiger partial charge in [0, 0.05) is 23.4 Å². The second-order valence-corrected chi connectivity index (χ2v) is 7.74. The predicted molar refractivity (Wildman–Crippen MR) is 122 cm³/mol. The third-order valence-electron chi connectivity index (χ3n) is 4.33. The van der Waals surface area contributed by atoms with Crippen molar-refractivity contribution in [3.05, 3.63) is 52.5 Å². The molecule has 0 radical (unpaired) electrons. The van der Waals surface area contributed by atoms with Gasteiger partial charge in [0.25, 0.3) is 5.91 Å². The molecular weight excluding hydrogens is 432 g/mol. The van der Waals surface area contributed by atoms with Gasteiger partial charge in [-0.15, -0.1) is 0 Å². The number of carbonyl (C=O) groups is 2. The molecule has 2 rings (SSSR count). The van der Waals surface area contributed by atoms with Gasteiger partial charge in [0.15, 0.2) is 0 Å². The summed E-state index contributed by atoms with van der Waals surface area (Å²) in [5.74, 6) is 0.473. The predicted octanol–water partition coefficient (Wildman–Crippen LogP) is 6.40. The second-order valence-electron chi connectivity index (χ2n) is 6.89. The minimum atomic E-state index is -0.225. The van der Waals surface area contributed by atoms with E-state index in [2.05, 4.69) is 33.5 Å². The summed E-state index contributed by atoms with van der Waals surface area (Å²) in [7, 11) is 0. The minimum absolute atomic E-state index is 0.0369. The van der Waals surface area contributed by atoms with Gasteiger partial charge in [-0.1, -0.05) is 39.2 Å². The molecule has 0 unspecified atom stereocenters. The maximum Gasteiger partial charge on any atom is 0.255 e. The van der Waals surface area contributed by atoms with E-state index in [0.717, 1.165) is 29.5 Å². The van der Waals surface area contributed by atoms with Crippen molar-refractivity contribution in [2.24, 2.45) is 0 Å². The Morgan fingerprint density at radius 1 is 0.931 bits per heavy atom. The highest BCUT2D eigenvalue weighted by Gasteiger charge is 2.10. The third-order valence-corrected chi connectivity index (χ3v) is 4.95. The molecule has 0 aliphatic heterocycles. The molecule has 5 nitrogen and oxygen atoms in total. The molecule has 0 atom stereocenters. The van der Waals surface area contributed by atoms with E-state index in [1.54, 1.807) is 42.5 Å². The van der Waals surface area contributed by atoms with Crippen molar-refractivity contribution in [3.8, 4) is 5.75 Å². The molecule has 0 aliphatic rings. The zero-order valence-corrected chi connectivity index (χ0v) is 18.7. The van der Waals surface area contributed by atoms with Crippen molar-refractivity contribution in [1.82, 2.24) is 0 Å². The summed E-state index contributed by atoms with van der Waals surface area (Å²) in [6, 6.07) is 12.4. The summed E-state index contributed by atoms with van der Waals surface area (Å²) in [4.78, 5) is 24.3. The number of carbonyl (C=O) groups excluding carboxylic acids is 2. The molecule has 2 aromatic carbocycles. The van der Waals surface area contributed by atoms with Crippen LogP contribution in [0.5, 0.6) is 5.75 Å². The number of benzene rings is 2. The Morgan fingerprint density at radius 2 is 1.69 bits per heavy atom. The van der Waals surface area contributed by atoms with Crippen molar-refractivity contribution < 1.29 is 14.3 Å². The number of hydrogen-bond donors (Lipinski definition) is 2. The van der Waals surface area contributed by atoms with Crippen LogP contribution in [0.3, 0.4) is 0 Å². The zero-order chi connectivity index (χ0) is 21.1. The molecule has 29 heavy (non-hydrogen) atoms. The van der Waals surface area contributed by atoms with Crippen molar-refractivity contribution in [2.45, 2.75) is 52.4 Å². The molecule has 6 heteroatoms. The molecule has 0 spiro atoms. The van der Waals surface area contributed by atoms with Crippen LogP contribution in [0.15, 0.2) is 46.9 Å². The first-order chi connectivity index (χ1) is 14.0. The van der Waals surface area contributed by atoms with Gasteiger partial charge in [0.05, 0.1) is 11.1 Å². The van der Waals surface area contributed by atoms with E-state index in [1.807, 2.05) is 6.92 Å². The van der Waals surface area contributed by atoms with E-state index in [4.69, 9.17) is 4.74 Å². The number of unbranched alkanes of at least 4 members (excludes halogenated alkanes) is 3. The molecule has 0 saturated carbocycles. The highest BCUT2D eigenvalue weighted by molar-refractivity contribution is 9.10. The fourth-order valence-electron chi connectivity index (χ4n) is 2.80. The summed E-state index contributed by atoms with van der Waals surface area (Å²) in [6.45, 7) is 4.80.